The zero-order chi connectivity index (χ0) is 16.8. The molecule has 0 bridgehead atoms. The molecule has 0 unspecified atom stereocenters. The molecule has 126 valence electrons. The maximum absolute atomic E-state index is 11.7. The molecule has 1 aliphatic rings. The van der Waals surface area contributed by atoms with Crippen molar-refractivity contribution in [3.05, 3.63) is 23.0 Å². The first-order chi connectivity index (χ1) is 10.8. The van der Waals surface area contributed by atoms with Gasteiger partial charge in [0.25, 0.3) is 0 Å². The Morgan fingerprint density at radius 3 is 2.83 bits per heavy atom. The molecule has 2 aromatic rings. The first-order valence-corrected chi connectivity index (χ1v) is 12.2. The number of nitrogens with zero attached hydrogens (tertiary/aromatic N) is 3. The van der Waals surface area contributed by atoms with Crippen molar-refractivity contribution in [3.63, 3.8) is 0 Å². The van der Waals surface area contributed by atoms with Gasteiger partial charge in [-0.3, -0.25) is 0 Å². The molecule has 1 saturated heterocycles. The van der Waals surface area contributed by atoms with Crippen LogP contribution in [-0.4, -0.2) is 68.5 Å². The quantitative estimate of drug-likeness (QED) is 0.560. The van der Waals surface area contributed by atoms with Crippen LogP contribution in [0.15, 0.2) is 17.4 Å². The molecule has 11 heteroatoms. The summed E-state index contributed by atoms with van der Waals surface area (Å²) in [5.74, 6) is 0. The Labute approximate surface area is 133 Å². The normalized spacial score (nSPS) is 28.5. The second-order valence-corrected chi connectivity index (χ2v) is 11.4. The predicted octanol–water partition coefficient (Wildman–Crippen LogP) is -1.11. The number of nitrogens with one attached hydrogen (secondary N) is 1. The van der Waals surface area contributed by atoms with E-state index in [1.807, 2.05) is 0 Å². The van der Waals surface area contributed by atoms with E-state index in [9.17, 15) is 18.7 Å². The summed E-state index contributed by atoms with van der Waals surface area (Å²) in [5, 5.41) is 20.3. The fourth-order valence-corrected chi connectivity index (χ4v) is 3.46. The first-order valence-electron chi connectivity index (χ1n) is 6.89. The van der Waals surface area contributed by atoms with E-state index in [1.165, 1.54) is 28.6 Å². The van der Waals surface area contributed by atoms with Gasteiger partial charge in [-0.2, -0.15) is 0 Å². The molecule has 0 saturated carbocycles. The Kier molecular flexibility index (Phi) is 4.19. The summed E-state index contributed by atoms with van der Waals surface area (Å²) < 4.78 is 23.9. The van der Waals surface area contributed by atoms with Crippen LogP contribution in [0.1, 0.15) is 6.23 Å². The van der Waals surface area contributed by atoms with E-state index in [2.05, 4.69) is 15.0 Å². The molecule has 10 nitrogen and oxygen atoms in total. The zero-order valence-electron chi connectivity index (χ0n) is 12.5. The second-order valence-electron chi connectivity index (χ2n) is 5.65. The van der Waals surface area contributed by atoms with Crippen LogP contribution in [0.25, 0.3) is 11.2 Å². The maximum atomic E-state index is 11.7. The number of imidazole rings is 1. The summed E-state index contributed by atoms with van der Waals surface area (Å²) >= 11 is -3.34. The van der Waals surface area contributed by atoms with E-state index >= 15 is 0 Å². The molecule has 23 heavy (non-hydrogen) atoms. The van der Waals surface area contributed by atoms with Gasteiger partial charge in [-0.1, -0.05) is 0 Å². The van der Waals surface area contributed by atoms with Crippen LogP contribution in [-0.2, 0) is 12.2 Å². The molecule has 0 spiro atoms. The van der Waals surface area contributed by atoms with Gasteiger partial charge in [0, 0.05) is 0 Å². The van der Waals surface area contributed by atoms with Crippen molar-refractivity contribution in [2.24, 2.45) is 0 Å². The molecule has 3 N–H and O–H groups in total. The van der Waals surface area contributed by atoms with Crippen LogP contribution in [0, 0.1) is 0 Å². The summed E-state index contributed by atoms with van der Waals surface area (Å²) in [6.45, 7) is -0.0983. The van der Waals surface area contributed by atoms with Gasteiger partial charge in [0.1, 0.15) is 0 Å². The summed E-state index contributed by atoms with van der Waals surface area (Å²) in [6, 6.07) is 0. The number of aromatic amines is 1. The van der Waals surface area contributed by atoms with E-state index in [1.54, 1.807) is 0 Å². The number of aliphatic hydroxyl groups excluding tert-OH is 2. The predicted molar refractivity (Wildman–Crippen MR) is 78.2 cm³/mol. The Balaban J connectivity index is 1.87. The number of ether oxygens (including phenoxy) is 1. The molecule has 3 rings (SSSR count). The SMILES string of the molecule is C[As](C)(=O)OC[C@H]1O[C@@H](n2cnc3c(=O)[nH]cnc32)[C@H](O)[C@@H]1O. The third-order valence-electron chi connectivity index (χ3n) is 3.53. The van der Waals surface area contributed by atoms with Crippen LogP contribution in [0.2, 0.25) is 11.4 Å². The van der Waals surface area contributed by atoms with Gasteiger partial charge in [0.15, 0.2) is 0 Å². The van der Waals surface area contributed by atoms with Crippen LogP contribution in [0.4, 0.5) is 0 Å². The van der Waals surface area contributed by atoms with Gasteiger partial charge in [-0.05, 0) is 0 Å². The third-order valence-corrected chi connectivity index (χ3v) is 5.14. The summed E-state index contributed by atoms with van der Waals surface area (Å²) in [4.78, 5) is 22.0. The minimum absolute atomic E-state index is 0.0983. The Morgan fingerprint density at radius 2 is 2.13 bits per heavy atom. The van der Waals surface area contributed by atoms with Gasteiger partial charge in [0.2, 0.25) is 0 Å². The van der Waals surface area contributed by atoms with Crippen molar-refractivity contribution in [1.29, 1.82) is 0 Å². The number of aliphatic hydroxyl groups is 2. The van der Waals surface area contributed by atoms with Crippen LogP contribution in [0.5, 0.6) is 0 Å². The molecule has 4 atom stereocenters. The number of H-pyrrole nitrogens is 1. The van der Waals surface area contributed by atoms with E-state index in [0.29, 0.717) is 0 Å². The fourth-order valence-electron chi connectivity index (χ4n) is 2.40. The van der Waals surface area contributed by atoms with Crippen molar-refractivity contribution < 1.29 is 22.4 Å². The molecule has 3 heterocycles. The van der Waals surface area contributed by atoms with E-state index in [0.717, 1.165) is 0 Å². The van der Waals surface area contributed by atoms with Gasteiger partial charge in [-0.25, -0.2) is 0 Å². The number of fused-ring (bicyclic) bond motifs is 1. The average molecular weight is 388 g/mol. The number of rotatable bonds is 4. The topological polar surface area (TPSA) is 140 Å². The number of hydrogen-bond donors (Lipinski definition) is 3. The van der Waals surface area contributed by atoms with E-state index in [-0.39, 0.29) is 17.8 Å². The van der Waals surface area contributed by atoms with Crippen molar-refractivity contribution in [2.45, 2.75) is 36.0 Å². The number of aromatic nitrogens is 4. The minimum atomic E-state index is -3.34. The molecule has 0 amide bonds. The van der Waals surface area contributed by atoms with Crippen LogP contribution in [0.3, 0.4) is 0 Å². The molecular formula is C12H17AsN4O6. The van der Waals surface area contributed by atoms with Crippen molar-refractivity contribution in [2.75, 3.05) is 6.61 Å². The van der Waals surface area contributed by atoms with E-state index in [4.69, 9.17) is 8.46 Å². The molecule has 1 aliphatic heterocycles. The zero-order valence-corrected chi connectivity index (χ0v) is 14.4. The fraction of sp³-hybridized carbons (Fsp3) is 0.583. The number of hydrogen-bond acceptors (Lipinski definition) is 8. The van der Waals surface area contributed by atoms with Crippen molar-refractivity contribution in [1.82, 2.24) is 19.5 Å². The van der Waals surface area contributed by atoms with Crippen LogP contribution >= 0.6 is 0 Å². The van der Waals surface area contributed by atoms with Crippen molar-refractivity contribution >= 4 is 25.0 Å². The van der Waals surface area contributed by atoms with E-state index < -0.39 is 43.9 Å². The summed E-state index contributed by atoms with van der Waals surface area (Å²) in [7, 11) is 0. The molecule has 1 fully saturated rings. The molecule has 0 radical (unpaired) electrons. The Bertz CT molecular complexity index is 813. The van der Waals surface area contributed by atoms with Gasteiger partial charge < -0.3 is 0 Å². The Hall–Kier alpha value is -1.45. The summed E-state index contributed by atoms with van der Waals surface area (Å²) in [5.41, 5.74) is 2.93. The molecular weight excluding hydrogens is 371 g/mol. The van der Waals surface area contributed by atoms with Gasteiger partial charge in [0.05, 0.1) is 0 Å². The monoisotopic (exact) mass is 388 g/mol. The standard InChI is InChI=1S/C12H17AsN4O6/c1-13(2,21)22-3-6-8(18)9(19)12(23-6)17-5-16-7-10(17)14-4-15-11(7)20/h4-6,8-9,12,18-19H,3H2,1-2H3,(H,14,15,20)/t6-,8-,9-,12-/m1/s1. The van der Waals surface area contributed by atoms with Crippen LogP contribution < -0.4 is 5.56 Å². The molecule has 0 aliphatic carbocycles. The summed E-state index contributed by atoms with van der Waals surface area (Å²) in [6.07, 6.45) is -1.77. The van der Waals surface area contributed by atoms with Crippen molar-refractivity contribution in [3.8, 4) is 0 Å². The average Bonchev–Trinajstić information content (AvgIpc) is 3.01. The second kappa shape index (κ2) is 5.88. The first kappa shape index (κ1) is 16.4. The van der Waals surface area contributed by atoms with Gasteiger partial charge in [-0.15, -0.1) is 0 Å². The third kappa shape index (κ3) is 3.13. The Morgan fingerprint density at radius 1 is 1.39 bits per heavy atom. The molecule has 0 aromatic carbocycles. The van der Waals surface area contributed by atoms with Gasteiger partial charge >= 0.3 is 133 Å². The molecule has 2 aromatic heterocycles.